The van der Waals surface area contributed by atoms with Crippen molar-refractivity contribution >= 4 is 0 Å². The summed E-state index contributed by atoms with van der Waals surface area (Å²) in [7, 11) is 0. The minimum absolute atomic E-state index is 0.141. The molecule has 1 fully saturated rings. The zero-order valence-corrected chi connectivity index (χ0v) is 8.22. The summed E-state index contributed by atoms with van der Waals surface area (Å²) in [6.45, 7) is 5.68. The van der Waals surface area contributed by atoms with Crippen LogP contribution in [-0.2, 0) is 3.07 Å². The Balaban J connectivity index is 2.23. The molecule has 1 nitrogen and oxygen atoms in total. The summed E-state index contributed by atoms with van der Waals surface area (Å²) < 4.78 is 6.75. The van der Waals surface area contributed by atoms with Crippen LogP contribution >= 0.6 is 0 Å². The fourth-order valence-electron chi connectivity index (χ4n) is 0.965. The van der Waals surface area contributed by atoms with Crippen LogP contribution in [0, 0.1) is 11.8 Å². The first kappa shape index (κ1) is 7.79. The van der Waals surface area contributed by atoms with Crippen molar-refractivity contribution in [2.75, 3.05) is 11.0 Å². The quantitative estimate of drug-likeness (QED) is 0.409. The fourth-order valence-corrected chi connectivity index (χ4v) is 3.70. The summed E-state index contributed by atoms with van der Waals surface area (Å²) in [5, 5.41) is 0. The predicted molar refractivity (Wildman–Crippen MR) is 33.8 cm³/mol. The van der Waals surface area contributed by atoms with Gasteiger partial charge in [0.2, 0.25) is 0 Å². The van der Waals surface area contributed by atoms with Gasteiger partial charge in [-0.25, -0.2) is 0 Å². The zero-order valence-electron chi connectivity index (χ0n) is 6.06. The Kier molecular flexibility index (Phi) is 3.26. The second-order valence-corrected chi connectivity index (χ2v) is 5.00. The second kappa shape index (κ2) is 3.76. The van der Waals surface area contributed by atoms with Crippen LogP contribution in [-0.4, -0.2) is 11.0 Å². The minimum atomic E-state index is 0.141. The zero-order chi connectivity index (χ0) is 6.69. The van der Waals surface area contributed by atoms with E-state index >= 15 is 0 Å². The van der Waals surface area contributed by atoms with Gasteiger partial charge in [-0.3, -0.25) is 0 Å². The molecule has 9 heavy (non-hydrogen) atoms. The molecule has 0 aromatic rings. The molecule has 0 aliphatic carbocycles. The third kappa shape index (κ3) is 2.42. The van der Waals surface area contributed by atoms with Gasteiger partial charge in [0.05, 0.1) is 0 Å². The topological polar surface area (TPSA) is 9.23 Å². The van der Waals surface area contributed by atoms with Crippen LogP contribution < -0.4 is 21.6 Å². The Bertz CT molecular complexity index is 77.0. The van der Waals surface area contributed by atoms with Gasteiger partial charge < -0.3 is 0 Å². The van der Waals surface area contributed by atoms with Gasteiger partial charge in [0.1, 0.15) is 0 Å². The van der Waals surface area contributed by atoms with E-state index in [9.17, 15) is 0 Å². The van der Waals surface area contributed by atoms with Crippen molar-refractivity contribution in [2.45, 2.75) is 20.3 Å². The Morgan fingerprint density at radius 1 is 1.56 bits per heavy atom. The van der Waals surface area contributed by atoms with E-state index in [4.69, 9.17) is 3.07 Å². The Morgan fingerprint density at radius 2 is 2.33 bits per heavy atom. The van der Waals surface area contributed by atoms with Crippen LogP contribution in [0.25, 0.3) is 0 Å². The van der Waals surface area contributed by atoms with Crippen LogP contribution in [0.4, 0.5) is 0 Å². The number of hydrogen-bond acceptors (Lipinski definition) is 1. The van der Waals surface area contributed by atoms with Crippen LogP contribution in [0.1, 0.15) is 20.3 Å². The van der Waals surface area contributed by atoms with E-state index in [1.165, 1.54) is 10.8 Å². The third-order valence-corrected chi connectivity index (χ3v) is 4.22. The molecule has 0 spiro atoms. The molecule has 0 saturated carbocycles. The Hall–Kier alpha value is 0.690. The number of hydrogen-bond donors (Lipinski definition) is 0. The van der Waals surface area contributed by atoms with Crippen molar-refractivity contribution in [1.82, 2.24) is 0 Å². The van der Waals surface area contributed by atoms with Gasteiger partial charge in [-0.15, -0.1) is 0 Å². The van der Waals surface area contributed by atoms with Crippen molar-refractivity contribution in [1.29, 1.82) is 0 Å². The molecule has 56 valence electrons. The molecule has 1 atom stereocenters. The van der Waals surface area contributed by atoms with Crippen LogP contribution in [0.3, 0.4) is 0 Å². The van der Waals surface area contributed by atoms with Crippen LogP contribution in [0.2, 0.25) is 0 Å². The van der Waals surface area contributed by atoms with Crippen molar-refractivity contribution < 1.29 is 24.7 Å². The molecule has 0 N–H and O–H groups in total. The molecule has 1 aliphatic heterocycles. The van der Waals surface area contributed by atoms with E-state index in [1.54, 1.807) is 0 Å². The molecule has 1 aliphatic rings. The fraction of sp³-hybridized carbons (Fsp3) is 1.00. The van der Waals surface area contributed by atoms with Gasteiger partial charge >= 0.3 is 67.8 Å². The SMILES string of the molecule is CC(C)C1CCO[I-]C1. The van der Waals surface area contributed by atoms with Crippen molar-refractivity contribution in [2.24, 2.45) is 11.8 Å². The summed E-state index contributed by atoms with van der Waals surface area (Å²) in [5.41, 5.74) is 0. The first-order chi connectivity index (χ1) is 4.30. The predicted octanol–water partition coefficient (Wildman–Crippen LogP) is -1.32. The molecule has 1 rings (SSSR count). The van der Waals surface area contributed by atoms with Crippen molar-refractivity contribution in [3.63, 3.8) is 0 Å². The number of halogens is 1. The Labute approximate surface area is 68.0 Å². The normalized spacial score (nSPS) is 29.9. The maximum absolute atomic E-state index is 5.36. The maximum atomic E-state index is 5.36. The van der Waals surface area contributed by atoms with E-state index in [2.05, 4.69) is 13.8 Å². The monoisotopic (exact) mass is 241 g/mol. The molecule has 0 bridgehead atoms. The molecule has 2 heteroatoms. The molecule has 1 heterocycles. The summed E-state index contributed by atoms with van der Waals surface area (Å²) >= 11 is 0.141. The van der Waals surface area contributed by atoms with Gasteiger partial charge in [-0.2, -0.15) is 0 Å². The second-order valence-electron chi connectivity index (χ2n) is 2.87. The third-order valence-electron chi connectivity index (χ3n) is 1.85. The Morgan fingerprint density at radius 3 is 2.67 bits per heavy atom. The molecular formula is C7H14IO-. The molecule has 1 saturated heterocycles. The molecule has 1 unspecified atom stereocenters. The molecule has 0 aromatic carbocycles. The molecule has 0 amide bonds. The van der Waals surface area contributed by atoms with E-state index < -0.39 is 0 Å². The first-order valence-electron chi connectivity index (χ1n) is 3.51. The molecule has 0 radical (unpaired) electrons. The molecular weight excluding hydrogens is 227 g/mol. The van der Waals surface area contributed by atoms with Gasteiger partial charge in [0.25, 0.3) is 0 Å². The van der Waals surface area contributed by atoms with Gasteiger partial charge in [0, 0.05) is 0 Å². The van der Waals surface area contributed by atoms with Gasteiger partial charge in [0.15, 0.2) is 0 Å². The average Bonchev–Trinajstić information content (AvgIpc) is 1.90. The van der Waals surface area contributed by atoms with E-state index in [1.807, 2.05) is 0 Å². The number of rotatable bonds is 1. The standard InChI is InChI=1S/C7H14IO/c1-6(2)7-3-4-9-8-5-7/h6-7H,3-5H2,1-2H3/q-1. The van der Waals surface area contributed by atoms with E-state index in [0.717, 1.165) is 18.4 Å². The van der Waals surface area contributed by atoms with Gasteiger partial charge in [-0.1, -0.05) is 0 Å². The van der Waals surface area contributed by atoms with E-state index in [0.29, 0.717) is 0 Å². The van der Waals surface area contributed by atoms with E-state index in [-0.39, 0.29) is 21.6 Å². The van der Waals surface area contributed by atoms with Crippen LogP contribution in [0.5, 0.6) is 0 Å². The average molecular weight is 241 g/mol. The summed E-state index contributed by atoms with van der Waals surface area (Å²) in [6, 6.07) is 0. The van der Waals surface area contributed by atoms with Crippen LogP contribution in [0.15, 0.2) is 0 Å². The first-order valence-corrected chi connectivity index (χ1v) is 5.92. The number of alkyl halides is 1. The summed E-state index contributed by atoms with van der Waals surface area (Å²) in [4.78, 5) is 0. The van der Waals surface area contributed by atoms with Crippen molar-refractivity contribution in [3.05, 3.63) is 0 Å². The van der Waals surface area contributed by atoms with Gasteiger partial charge in [-0.05, 0) is 0 Å². The summed E-state index contributed by atoms with van der Waals surface area (Å²) in [5.74, 6) is 1.86. The summed E-state index contributed by atoms with van der Waals surface area (Å²) in [6.07, 6.45) is 1.30. The molecule has 0 aromatic heterocycles. The van der Waals surface area contributed by atoms with Crippen molar-refractivity contribution in [3.8, 4) is 0 Å².